The van der Waals surface area contributed by atoms with Gasteiger partial charge in [0.15, 0.2) is 0 Å². The van der Waals surface area contributed by atoms with Crippen LogP contribution in [-0.4, -0.2) is 30.5 Å². The van der Waals surface area contributed by atoms with Gasteiger partial charge in [0, 0.05) is 12.0 Å². The van der Waals surface area contributed by atoms with Gasteiger partial charge < -0.3 is 10.1 Å². The summed E-state index contributed by atoms with van der Waals surface area (Å²) in [6.07, 6.45) is 9.71. The minimum absolute atomic E-state index is 0.152. The Kier molecular flexibility index (Phi) is 11.8. The Hall–Kier alpha value is -3.71. The summed E-state index contributed by atoms with van der Waals surface area (Å²) in [7, 11) is 0. The van der Waals surface area contributed by atoms with Crippen LogP contribution in [0.5, 0.6) is 5.75 Å². The maximum absolute atomic E-state index is 12.7. The standard InChI is InChI=1S/C30H34ClN3O4/c1-2-3-4-5-6-7-8-17-28(35)32-21-29(36)34-33-20-25-23-14-10-9-13-22(23)18-19-27(25)38-30(37)24-15-11-12-16-26(24)31/h9-16,18-20H,2-8,17,21H2,1H3,(H,32,35)(H,34,36). The Balaban J connectivity index is 1.56. The number of carbonyl (C=O) groups excluding carboxylic acids is 3. The van der Waals surface area contributed by atoms with Crippen molar-refractivity contribution in [2.24, 2.45) is 5.10 Å². The van der Waals surface area contributed by atoms with Crippen molar-refractivity contribution in [3.05, 3.63) is 76.8 Å². The number of amides is 2. The van der Waals surface area contributed by atoms with Crippen molar-refractivity contribution in [1.82, 2.24) is 10.7 Å². The van der Waals surface area contributed by atoms with Gasteiger partial charge in [0.05, 0.1) is 23.3 Å². The van der Waals surface area contributed by atoms with Crippen molar-refractivity contribution in [1.29, 1.82) is 0 Å². The third-order valence-corrected chi connectivity index (χ3v) is 6.39. The summed E-state index contributed by atoms with van der Waals surface area (Å²) < 4.78 is 5.65. The molecule has 2 amide bonds. The minimum atomic E-state index is -0.603. The van der Waals surface area contributed by atoms with Gasteiger partial charge in [-0.2, -0.15) is 5.10 Å². The molecule has 0 radical (unpaired) electrons. The van der Waals surface area contributed by atoms with E-state index in [9.17, 15) is 14.4 Å². The molecule has 200 valence electrons. The predicted octanol–water partition coefficient (Wildman–Crippen LogP) is 6.42. The van der Waals surface area contributed by atoms with E-state index in [1.807, 2.05) is 30.3 Å². The van der Waals surface area contributed by atoms with Gasteiger partial charge in [0.1, 0.15) is 5.75 Å². The molecule has 0 unspecified atom stereocenters. The van der Waals surface area contributed by atoms with Crippen LogP contribution in [0.1, 0.15) is 74.2 Å². The van der Waals surface area contributed by atoms with Gasteiger partial charge >= 0.3 is 5.97 Å². The number of nitrogens with one attached hydrogen (secondary N) is 2. The minimum Gasteiger partial charge on any atom is -0.422 e. The number of rotatable bonds is 14. The van der Waals surface area contributed by atoms with Crippen LogP contribution in [0.25, 0.3) is 10.8 Å². The molecule has 3 aromatic rings. The van der Waals surface area contributed by atoms with Crippen molar-refractivity contribution in [2.75, 3.05) is 6.54 Å². The monoisotopic (exact) mass is 535 g/mol. The first-order valence-corrected chi connectivity index (χ1v) is 13.4. The number of ether oxygens (including phenoxy) is 1. The molecular formula is C30H34ClN3O4. The summed E-state index contributed by atoms with van der Waals surface area (Å²) in [5, 5.41) is 8.66. The molecule has 0 aliphatic rings. The molecule has 0 spiro atoms. The molecule has 38 heavy (non-hydrogen) atoms. The third kappa shape index (κ3) is 8.99. The van der Waals surface area contributed by atoms with Gasteiger partial charge in [-0.3, -0.25) is 9.59 Å². The Morgan fingerprint density at radius 1 is 0.868 bits per heavy atom. The van der Waals surface area contributed by atoms with Gasteiger partial charge in [-0.1, -0.05) is 99.5 Å². The smallest absolute Gasteiger partial charge is 0.345 e. The van der Waals surface area contributed by atoms with E-state index in [2.05, 4.69) is 22.8 Å². The summed E-state index contributed by atoms with van der Waals surface area (Å²) in [5.74, 6) is -0.938. The quantitative estimate of drug-likeness (QED) is 0.0818. The Morgan fingerprint density at radius 3 is 2.37 bits per heavy atom. The number of esters is 1. The summed E-state index contributed by atoms with van der Waals surface area (Å²) in [5.41, 5.74) is 3.18. The van der Waals surface area contributed by atoms with Gasteiger partial charge in [0.2, 0.25) is 5.91 Å². The van der Waals surface area contributed by atoms with E-state index >= 15 is 0 Å². The summed E-state index contributed by atoms with van der Waals surface area (Å²) in [6.45, 7) is 2.02. The van der Waals surface area contributed by atoms with E-state index in [0.717, 1.165) is 30.0 Å². The van der Waals surface area contributed by atoms with Gasteiger partial charge in [-0.25, -0.2) is 10.2 Å². The molecule has 3 rings (SSSR count). The van der Waals surface area contributed by atoms with E-state index < -0.39 is 11.9 Å². The van der Waals surface area contributed by atoms with Crippen molar-refractivity contribution >= 4 is 46.4 Å². The molecule has 0 aliphatic heterocycles. The molecule has 0 atom stereocenters. The van der Waals surface area contributed by atoms with Crippen molar-refractivity contribution in [3.8, 4) is 5.75 Å². The van der Waals surface area contributed by atoms with Gasteiger partial charge in [-0.15, -0.1) is 0 Å². The molecule has 0 saturated carbocycles. The van der Waals surface area contributed by atoms with Crippen LogP contribution in [0.15, 0.2) is 65.8 Å². The first-order chi connectivity index (χ1) is 18.5. The second kappa shape index (κ2) is 15.5. The summed E-state index contributed by atoms with van der Waals surface area (Å²) >= 11 is 6.14. The summed E-state index contributed by atoms with van der Waals surface area (Å²) in [4.78, 5) is 37.0. The first kappa shape index (κ1) is 28.9. The highest BCUT2D eigenvalue weighted by molar-refractivity contribution is 6.33. The molecule has 0 aromatic heterocycles. The molecule has 0 fully saturated rings. The second-order valence-electron chi connectivity index (χ2n) is 9.01. The number of nitrogens with zero attached hydrogens (tertiary/aromatic N) is 1. The number of benzene rings is 3. The lowest BCUT2D eigenvalue weighted by molar-refractivity contribution is -0.126. The highest BCUT2D eigenvalue weighted by Crippen LogP contribution is 2.28. The Morgan fingerprint density at radius 2 is 1.58 bits per heavy atom. The molecule has 0 heterocycles. The number of fused-ring (bicyclic) bond motifs is 1. The average Bonchev–Trinajstić information content (AvgIpc) is 2.92. The third-order valence-electron chi connectivity index (χ3n) is 6.06. The average molecular weight is 536 g/mol. The molecule has 0 saturated heterocycles. The highest BCUT2D eigenvalue weighted by Gasteiger charge is 2.16. The second-order valence-corrected chi connectivity index (χ2v) is 9.42. The topological polar surface area (TPSA) is 96.9 Å². The molecule has 0 bridgehead atoms. The lowest BCUT2D eigenvalue weighted by Crippen LogP contribution is -2.34. The van der Waals surface area contributed by atoms with Crippen molar-refractivity contribution in [2.45, 2.75) is 58.3 Å². The number of unbranched alkanes of at least 4 members (excludes halogenated alkanes) is 6. The Labute approximate surface area is 228 Å². The predicted molar refractivity (Wildman–Crippen MR) is 152 cm³/mol. The Bertz CT molecular complexity index is 1280. The number of carbonyl (C=O) groups is 3. The fraction of sp³-hybridized carbons (Fsp3) is 0.333. The number of halogens is 1. The highest BCUT2D eigenvalue weighted by atomic mass is 35.5. The molecule has 2 N–H and O–H groups in total. The molecular weight excluding hydrogens is 502 g/mol. The lowest BCUT2D eigenvalue weighted by atomic mass is 10.0. The summed E-state index contributed by atoms with van der Waals surface area (Å²) in [6, 6.07) is 17.7. The van der Waals surface area contributed by atoms with E-state index in [1.165, 1.54) is 31.9 Å². The zero-order valence-corrected chi connectivity index (χ0v) is 22.4. The SMILES string of the molecule is CCCCCCCCCC(=O)NCC(=O)NN=Cc1c(OC(=O)c2ccccc2Cl)ccc2ccccc12. The van der Waals surface area contributed by atoms with Crippen LogP contribution in [0.3, 0.4) is 0 Å². The van der Waals surface area contributed by atoms with Crippen LogP contribution >= 0.6 is 11.6 Å². The molecule has 3 aromatic carbocycles. The maximum atomic E-state index is 12.7. The zero-order valence-electron chi connectivity index (χ0n) is 21.7. The van der Waals surface area contributed by atoms with E-state index in [1.54, 1.807) is 30.3 Å². The fourth-order valence-corrected chi connectivity index (χ4v) is 4.21. The fourth-order valence-electron chi connectivity index (χ4n) is 4.00. The molecule has 7 nitrogen and oxygen atoms in total. The normalized spacial score (nSPS) is 11.0. The molecule has 8 heteroatoms. The largest absolute Gasteiger partial charge is 0.422 e. The van der Waals surface area contributed by atoms with Crippen molar-refractivity contribution < 1.29 is 19.1 Å². The van der Waals surface area contributed by atoms with E-state index in [4.69, 9.17) is 16.3 Å². The number of hydrazone groups is 1. The van der Waals surface area contributed by atoms with Crippen LogP contribution in [0, 0.1) is 0 Å². The number of hydrogen-bond acceptors (Lipinski definition) is 5. The zero-order chi connectivity index (χ0) is 27.2. The van der Waals surface area contributed by atoms with Crippen LogP contribution in [0.4, 0.5) is 0 Å². The van der Waals surface area contributed by atoms with Gasteiger partial charge in [-0.05, 0) is 35.4 Å². The lowest BCUT2D eigenvalue weighted by Gasteiger charge is -2.11. The van der Waals surface area contributed by atoms with Crippen molar-refractivity contribution in [3.63, 3.8) is 0 Å². The first-order valence-electron chi connectivity index (χ1n) is 13.1. The van der Waals surface area contributed by atoms with E-state index in [-0.39, 0.29) is 28.8 Å². The van der Waals surface area contributed by atoms with Gasteiger partial charge in [0.25, 0.3) is 5.91 Å². The van der Waals surface area contributed by atoms with Crippen LogP contribution < -0.4 is 15.5 Å². The molecule has 0 aliphatic carbocycles. The maximum Gasteiger partial charge on any atom is 0.345 e. The van der Waals surface area contributed by atoms with E-state index in [0.29, 0.717) is 12.0 Å². The number of hydrogen-bond donors (Lipinski definition) is 2. The van der Waals surface area contributed by atoms with Crippen LogP contribution in [0.2, 0.25) is 5.02 Å². The van der Waals surface area contributed by atoms with Crippen LogP contribution in [-0.2, 0) is 9.59 Å².